The van der Waals surface area contributed by atoms with Crippen LogP contribution in [0, 0.1) is 0 Å². The van der Waals surface area contributed by atoms with Crippen molar-refractivity contribution in [2.45, 2.75) is 12.2 Å². The van der Waals surface area contributed by atoms with Crippen molar-refractivity contribution in [2.24, 2.45) is 0 Å². The first-order chi connectivity index (χ1) is 6.56. The maximum atomic E-state index is 9.55. The third-order valence-corrected chi connectivity index (χ3v) is 2.52. The van der Waals surface area contributed by atoms with Crippen LogP contribution in [0.3, 0.4) is 0 Å². The highest BCUT2D eigenvalue weighted by molar-refractivity contribution is 9.10. The maximum absolute atomic E-state index is 9.55. The third kappa shape index (κ3) is 2.60. The van der Waals surface area contributed by atoms with Crippen molar-refractivity contribution in [3.63, 3.8) is 0 Å². The molecule has 6 heteroatoms. The first kappa shape index (κ1) is 11.8. The van der Waals surface area contributed by atoms with Crippen molar-refractivity contribution in [2.75, 3.05) is 5.75 Å². The Bertz CT molecular complexity index is 323. The van der Waals surface area contributed by atoms with Gasteiger partial charge in [-0.2, -0.15) is 12.6 Å². The lowest BCUT2D eigenvalue weighted by molar-refractivity contribution is 0.0293. The van der Waals surface area contributed by atoms with Crippen molar-refractivity contribution in [3.05, 3.63) is 22.4 Å². The van der Waals surface area contributed by atoms with Gasteiger partial charge in [-0.1, -0.05) is 0 Å². The molecule has 0 bridgehead atoms. The Labute approximate surface area is 95.2 Å². The number of hydrogen-bond donors (Lipinski definition) is 4. The van der Waals surface area contributed by atoms with Crippen molar-refractivity contribution in [1.82, 2.24) is 4.98 Å². The fourth-order valence-electron chi connectivity index (χ4n) is 0.942. The van der Waals surface area contributed by atoms with Crippen LogP contribution in [0.5, 0.6) is 5.75 Å². The first-order valence-corrected chi connectivity index (χ1v) is 5.31. The highest BCUT2D eigenvalue weighted by Gasteiger charge is 2.21. The quantitative estimate of drug-likeness (QED) is 0.490. The van der Waals surface area contributed by atoms with Crippen LogP contribution < -0.4 is 0 Å². The molecule has 0 amide bonds. The summed E-state index contributed by atoms with van der Waals surface area (Å²) < 4.78 is 0.482. The van der Waals surface area contributed by atoms with Gasteiger partial charge in [0.1, 0.15) is 22.2 Å². The fraction of sp³-hybridized carbons (Fsp3) is 0.375. The minimum absolute atomic E-state index is 0.0425. The summed E-state index contributed by atoms with van der Waals surface area (Å²) in [7, 11) is 0. The Morgan fingerprint density at radius 1 is 1.43 bits per heavy atom. The topological polar surface area (TPSA) is 73.6 Å². The molecule has 0 fully saturated rings. The summed E-state index contributed by atoms with van der Waals surface area (Å²) in [5.41, 5.74) is 0.0425. The Hall–Kier alpha value is -0.300. The second-order valence-corrected chi connectivity index (χ2v) is 3.91. The van der Waals surface area contributed by atoms with E-state index in [1.165, 1.54) is 6.07 Å². The highest BCUT2D eigenvalue weighted by atomic mass is 79.9. The molecule has 1 aromatic rings. The second-order valence-electron chi connectivity index (χ2n) is 2.73. The van der Waals surface area contributed by atoms with E-state index >= 15 is 0 Å². The van der Waals surface area contributed by atoms with Gasteiger partial charge in [-0.15, -0.1) is 0 Å². The van der Waals surface area contributed by atoms with Crippen LogP contribution in [0.1, 0.15) is 11.8 Å². The lowest BCUT2D eigenvalue weighted by Gasteiger charge is -2.16. The summed E-state index contributed by atoms with van der Waals surface area (Å²) in [6, 6.07) is 2.93. The Morgan fingerprint density at radius 2 is 2.07 bits per heavy atom. The SMILES string of the molecule is Oc1ccc(Br)nc1C(O)C(O)CS. The molecule has 0 radical (unpaired) electrons. The summed E-state index contributed by atoms with van der Waals surface area (Å²) in [6.45, 7) is 0. The average Bonchev–Trinajstić information content (AvgIpc) is 2.19. The molecule has 14 heavy (non-hydrogen) atoms. The highest BCUT2D eigenvalue weighted by Crippen LogP contribution is 2.26. The molecule has 0 aliphatic heterocycles. The maximum Gasteiger partial charge on any atom is 0.139 e. The standard InChI is InChI=1S/C8H10BrNO3S/c9-6-2-1-4(11)7(10-6)8(13)5(12)3-14/h1-2,5,8,11-14H,3H2. The molecule has 1 heterocycles. The van der Waals surface area contributed by atoms with Crippen molar-refractivity contribution in [1.29, 1.82) is 0 Å². The van der Waals surface area contributed by atoms with Crippen LogP contribution in [-0.4, -0.2) is 32.2 Å². The largest absolute Gasteiger partial charge is 0.506 e. The summed E-state index contributed by atoms with van der Waals surface area (Å²) in [5, 5.41) is 28.2. The van der Waals surface area contributed by atoms with E-state index in [1.54, 1.807) is 6.07 Å². The number of aliphatic hydroxyl groups is 2. The number of hydrogen-bond acceptors (Lipinski definition) is 5. The zero-order chi connectivity index (χ0) is 10.7. The predicted molar refractivity (Wildman–Crippen MR) is 58.4 cm³/mol. The van der Waals surface area contributed by atoms with Crippen molar-refractivity contribution >= 4 is 28.6 Å². The molecule has 2 atom stereocenters. The number of thiol groups is 1. The van der Waals surface area contributed by atoms with E-state index in [0.717, 1.165) is 0 Å². The number of nitrogens with zero attached hydrogens (tertiary/aromatic N) is 1. The molecule has 2 unspecified atom stereocenters. The number of pyridine rings is 1. The van der Waals surface area contributed by atoms with E-state index in [0.29, 0.717) is 4.60 Å². The van der Waals surface area contributed by atoms with Crippen LogP contribution in [0.4, 0.5) is 0 Å². The molecule has 1 aromatic heterocycles. The Kier molecular flexibility index (Phi) is 4.18. The number of aliphatic hydroxyl groups excluding tert-OH is 2. The van der Waals surface area contributed by atoms with Gasteiger partial charge in [-0.05, 0) is 28.1 Å². The van der Waals surface area contributed by atoms with Gasteiger partial charge >= 0.3 is 0 Å². The molecule has 0 spiro atoms. The first-order valence-electron chi connectivity index (χ1n) is 3.88. The van der Waals surface area contributed by atoms with Gasteiger partial charge in [0, 0.05) is 5.75 Å². The molecular weight excluding hydrogens is 270 g/mol. The smallest absolute Gasteiger partial charge is 0.139 e. The van der Waals surface area contributed by atoms with E-state index in [1.807, 2.05) is 0 Å². The Morgan fingerprint density at radius 3 is 2.64 bits per heavy atom. The fourth-order valence-corrected chi connectivity index (χ4v) is 1.47. The molecule has 0 saturated carbocycles. The summed E-state index contributed by atoms with van der Waals surface area (Å²) >= 11 is 6.94. The number of aromatic hydroxyl groups is 1. The van der Waals surface area contributed by atoms with Crippen molar-refractivity contribution < 1.29 is 15.3 Å². The minimum atomic E-state index is -1.23. The van der Waals surface area contributed by atoms with E-state index in [9.17, 15) is 15.3 Å². The number of halogens is 1. The van der Waals surface area contributed by atoms with E-state index < -0.39 is 12.2 Å². The molecule has 0 aromatic carbocycles. The van der Waals surface area contributed by atoms with Gasteiger partial charge in [0.25, 0.3) is 0 Å². The second kappa shape index (κ2) is 4.97. The van der Waals surface area contributed by atoms with Gasteiger partial charge in [0.2, 0.25) is 0 Å². The van der Waals surface area contributed by atoms with Gasteiger partial charge < -0.3 is 15.3 Å². The molecule has 0 aliphatic carbocycles. The normalized spacial score (nSPS) is 15.1. The summed E-state index contributed by atoms with van der Waals surface area (Å²) in [6.07, 6.45) is -2.28. The van der Waals surface area contributed by atoms with Gasteiger partial charge in [-0.3, -0.25) is 0 Å². The minimum Gasteiger partial charge on any atom is -0.506 e. The molecule has 1 rings (SSSR count). The van der Waals surface area contributed by atoms with E-state index in [-0.39, 0.29) is 17.2 Å². The molecule has 0 aliphatic rings. The summed E-state index contributed by atoms with van der Waals surface area (Å²) in [4.78, 5) is 3.86. The lowest BCUT2D eigenvalue weighted by Crippen LogP contribution is -2.20. The average molecular weight is 280 g/mol. The molecular formula is C8H10BrNO3S. The zero-order valence-corrected chi connectivity index (χ0v) is 9.61. The monoisotopic (exact) mass is 279 g/mol. The zero-order valence-electron chi connectivity index (χ0n) is 7.13. The predicted octanol–water partition coefficient (Wildman–Crippen LogP) is 0.874. The van der Waals surface area contributed by atoms with Crippen LogP contribution in [0.25, 0.3) is 0 Å². The molecule has 78 valence electrons. The van der Waals surface area contributed by atoms with Crippen LogP contribution >= 0.6 is 28.6 Å². The molecule has 3 N–H and O–H groups in total. The molecule has 0 saturated heterocycles. The van der Waals surface area contributed by atoms with Crippen LogP contribution in [0.2, 0.25) is 0 Å². The number of aromatic nitrogens is 1. The third-order valence-electron chi connectivity index (χ3n) is 1.70. The van der Waals surface area contributed by atoms with E-state index in [2.05, 4.69) is 33.5 Å². The van der Waals surface area contributed by atoms with Crippen molar-refractivity contribution in [3.8, 4) is 5.75 Å². The van der Waals surface area contributed by atoms with E-state index in [4.69, 9.17) is 0 Å². The Balaban J connectivity index is 2.99. The number of rotatable bonds is 3. The van der Waals surface area contributed by atoms with Gasteiger partial charge in [-0.25, -0.2) is 4.98 Å². The van der Waals surface area contributed by atoms with Gasteiger partial charge in [0.05, 0.1) is 6.10 Å². The van der Waals surface area contributed by atoms with Gasteiger partial charge in [0.15, 0.2) is 0 Å². The van der Waals surface area contributed by atoms with Crippen LogP contribution in [0.15, 0.2) is 16.7 Å². The summed E-state index contributed by atoms with van der Waals surface area (Å²) in [5.74, 6) is -0.0593. The molecule has 4 nitrogen and oxygen atoms in total. The lowest BCUT2D eigenvalue weighted by atomic mass is 10.1. The van der Waals surface area contributed by atoms with Crippen LogP contribution in [-0.2, 0) is 0 Å².